The molecule has 2 aromatic rings. The van der Waals surface area contributed by atoms with Crippen molar-refractivity contribution in [1.29, 1.82) is 0 Å². The van der Waals surface area contributed by atoms with Crippen LogP contribution < -0.4 is 0 Å². The third kappa shape index (κ3) is 3.17. The summed E-state index contributed by atoms with van der Waals surface area (Å²) >= 11 is 6.28. The van der Waals surface area contributed by atoms with Gasteiger partial charge < -0.3 is 9.64 Å². The Balaban J connectivity index is 1.82. The smallest absolute Gasteiger partial charge is 0.410 e. The van der Waals surface area contributed by atoms with Crippen LogP contribution in [0.25, 0.3) is 11.2 Å². The highest BCUT2D eigenvalue weighted by Gasteiger charge is 2.26. The van der Waals surface area contributed by atoms with Crippen molar-refractivity contribution in [3.63, 3.8) is 0 Å². The van der Waals surface area contributed by atoms with Crippen LogP contribution in [0.3, 0.4) is 0 Å². The average Bonchev–Trinajstić information content (AvgIpc) is 3.05. The Kier molecular flexibility index (Phi) is 3.80. The van der Waals surface area contributed by atoms with Gasteiger partial charge in [-0.15, -0.1) is 10.2 Å². The maximum atomic E-state index is 12.1. The zero-order chi connectivity index (χ0) is 16.8. The summed E-state index contributed by atoms with van der Waals surface area (Å²) in [5, 5.41) is 8.62. The van der Waals surface area contributed by atoms with Crippen LogP contribution in [0.15, 0.2) is 18.3 Å². The normalized spacial score (nSPS) is 15.2. The highest BCUT2D eigenvalue weighted by molar-refractivity contribution is 6.33. The van der Waals surface area contributed by atoms with Gasteiger partial charge in [0.15, 0.2) is 5.65 Å². The summed E-state index contributed by atoms with van der Waals surface area (Å²) < 4.78 is 7.26. The van der Waals surface area contributed by atoms with Gasteiger partial charge in [-0.1, -0.05) is 17.7 Å². The second kappa shape index (κ2) is 5.53. The lowest BCUT2D eigenvalue weighted by Crippen LogP contribution is -2.35. The molecule has 3 heterocycles. The van der Waals surface area contributed by atoms with Crippen molar-refractivity contribution in [2.75, 3.05) is 13.1 Å². The Morgan fingerprint density at radius 2 is 2.09 bits per heavy atom. The van der Waals surface area contributed by atoms with Crippen molar-refractivity contribution in [3.05, 3.63) is 34.7 Å². The molecule has 1 aliphatic rings. The van der Waals surface area contributed by atoms with Gasteiger partial charge in [0, 0.05) is 19.3 Å². The van der Waals surface area contributed by atoms with E-state index in [4.69, 9.17) is 16.3 Å². The monoisotopic (exact) mass is 334 g/mol. The second-order valence-electron chi connectivity index (χ2n) is 6.61. The number of fused-ring (bicyclic) bond motifs is 1. The van der Waals surface area contributed by atoms with Crippen molar-refractivity contribution < 1.29 is 9.53 Å². The first-order chi connectivity index (χ1) is 10.7. The summed E-state index contributed by atoms with van der Waals surface area (Å²) in [6.07, 6.45) is 3.65. The number of carbonyl (C=O) groups is 1. The minimum Gasteiger partial charge on any atom is -0.444 e. The van der Waals surface area contributed by atoms with E-state index in [9.17, 15) is 4.79 Å². The Bertz CT molecular complexity index is 804. The summed E-state index contributed by atoms with van der Waals surface area (Å²) in [7, 11) is 0. The quantitative estimate of drug-likeness (QED) is 0.802. The van der Waals surface area contributed by atoms with E-state index >= 15 is 0 Å². The molecule has 0 saturated heterocycles. The largest absolute Gasteiger partial charge is 0.444 e. The Morgan fingerprint density at radius 3 is 2.78 bits per heavy atom. The summed E-state index contributed by atoms with van der Waals surface area (Å²) in [6.45, 7) is 8.47. The number of nitrogens with zero attached hydrogens (tertiary/aromatic N) is 4. The number of hydrogen-bond acceptors (Lipinski definition) is 4. The molecule has 122 valence electrons. The van der Waals surface area contributed by atoms with Crippen LogP contribution in [-0.2, 0) is 4.74 Å². The van der Waals surface area contributed by atoms with E-state index in [1.165, 1.54) is 0 Å². The van der Waals surface area contributed by atoms with Gasteiger partial charge in [-0.2, -0.15) is 0 Å². The van der Waals surface area contributed by atoms with Crippen molar-refractivity contribution in [2.24, 2.45) is 0 Å². The zero-order valence-electron chi connectivity index (χ0n) is 13.6. The molecular formula is C16H19ClN4O2. The molecule has 0 N–H and O–H groups in total. The number of aryl methyl sites for hydroxylation is 1. The molecule has 0 saturated carbocycles. The number of halogens is 1. The molecule has 0 unspecified atom stereocenters. The van der Waals surface area contributed by atoms with Crippen LogP contribution in [0.2, 0.25) is 5.02 Å². The summed E-state index contributed by atoms with van der Waals surface area (Å²) in [6, 6.07) is 1.86. The molecule has 1 aliphatic heterocycles. The maximum absolute atomic E-state index is 12.1. The Hall–Kier alpha value is -2.08. The Labute approximate surface area is 139 Å². The van der Waals surface area contributed by atoms with Crippen LogP contribution >= 0.6 is 11.6 Å². The van der Waals surface area contributed by atoms with E-state index in [0.29, 0.717) is 23.8 Å². The first-order valence-corrected chi connectivity index (χ1v) is 7.80. The van der Waals surface area contributed by atoms with Gasteiger partial charge in [-0.3, -0.25) is 4.40 Å². The number of pyridine rings is 1. The topological polar surface area (TPSA) is 59.7 Å². The zero-order valence-corrected chi connectivity index (χ0v) is 14.4. The predicted molar refractivity (Wildman–Crippen MR) is 88.5 cm³/mol. The van der Waals surface area contributed by atoms with Gasteiger partial charge in [-0.05, 0) is 44.9 Å². The molecule has 0 spiro atoms. The Morgan fingerprint density at radius 1 is 1.35 bits per heavy atom. The van der Waals surface area contributed by atoms with Gasteiger partial charge in [0.05, 0.1) is 5.02 Å². The van der Waals surface area contributed by atoms with Gasteiger partial charge in [0.1, 0.15) is 11.4 Å². The lowest BCUT2D eigenvalue weighted by molar-refractivity contribution is 0.0306. The molecular weight excluding hydrogens is 316 g/mol. The highest BCUT2D eigenvalue weighted by atomic mass is 35.5. The molecule has 7 heteroatoms. The van der Waals surface area contributed by atoms with Gasteiger partial charge in [-0.25, -0.2) is 4.79 Å². The van der Waals surface area contributed by atoms with Gasteiger partial charge in [0.25, 0.3) is 0 Å². The molecule has 0 bridgehead atoms. The molecule has 1 amide bonds. The fourth-order valence-corrected chi connectivity index (χ4v) is 2.72. The fraction of sp³-hybridized carbons (Fsp3) is 0.438. The lowest BCUT2D eigenvalue weighted by Gasteiger charge is -2.24. The van der Waals surface area contributed by atoms with Crippen LogP contribution in [0, 0.1) is 6.92 Å². The molecule has 6 nitrogen and oxygen atoms in total. The van der Waals surface area contributed by atoms with E-state index in [1.54, 1.807) is 4.90 Å². The molecule has 3 rings (SSSR count). The number of rotatable bonds is 1. The molecule has 0 fully saturated rings. The summed E-state index contributed by atoms with van der Waals surface area (Å²) in [5.41, 5.74) is 2.13. The molecule has 23 heavy (non-hydrogen) atoms. The van der Waals surface area contributed by atoms with E-state index in [1.807, 2.05) is 50.4 Å². The minimum absolute atomic E-state index is 0.309. The standard InChI is InChI=1S/C16H19ClN4O2/c1-10-18-19-14-13(17)7-12(9-21(10)14)11-5-6-20(8-11)15(22)23-16(2,3)4/h5,7,9H,6,8H2,1-4H3. The first kappa shape index (κ1) is 15.8. The van der Waals surface area contributed by atoms with Crippen molar-refractivity contribution in [3.8, 4) is 0 Å². The third-order valence-electron chi connectivity index (χ3n) is 3.57. The predicted octanol–water partition coefficient (Wildman–Crippen LogP) is 3.33. The van der Waals surface area contributed by atoms with Crippen LogP contribution in [0.4, 0.5) is 4.79 Å². The van der Waals surface area contributed by atoms with Gasteiger partial charge in [0.2, 0.25) is 0 Å². The number of amides is 1. The number of aromatic nitrogens is 3. The van der Waals surface area contributed by atoms with Crippen molar-refractivity contribution in [2.45, 2.75) is 33.3 Å². The minimum atomic E-state index is -0.498. The molecule has 2 aromatic heterocycles. The number of ether oxygens (including phenoxy) is 1. The van der Waals surface area contributed by atoms with Gasteiger partial charge >= 0.3 is 6.09 Å². The van der Waals surface area contributed by atoms with E-state index in [2.05, 4.69) is 10.2 Å². The van der Waals surface area contributed by atoms with Crippen LogP contribution in [0.5, 0.6) is 0 Å². The van der Waals surface area contributed by atoms with E-state index in [0.717, 1.165) is 17.0 Å². The fourth-order valence-electron chi connectivity index (χ4n) is 2.47. The first-order valence-electron chi connectivity index (χ1n) is 7.43. The van der Waals surface area contributed by atoms with Crippen LogP contribution in [-0.4, -0.2) is 44.3 Å². The lowest BCUT2D eigenvalue weighted by atomic mass is 10.1. The molecule has 0 aromatic carbocycles. The summed E-state index contributed by atoms with van der Waals surface area (Å²) in [5.74, 6) is 0.770. The SMILES string of the molecule is Cc1nnc2c(Cl)cc(C3=CCN(C(=O)OC(C)(C)C)C3)cn12. The van der Waals surface area contributed by atoms with Crippen molar-refractivity contribution in [1.82, 2.24) is 19.5 Å². The van der Waals surface area contributed by atoms with E-state index < -0.39 is 5.60 Å². The van der Waals surface area contributed by atoms with Crippen LogP contribution in [0.1, 0.15) is 32.2 Å². The average molecular weight is 335 g/mol. The third-order valence-corrected chi connectivity index (χ3v) is 3.85. The van der Waals surface area contributed by atoms with E-state index in [-0.39, 0.29) is 6.09 Å². The number of hydrogen-bond donors (Lipinski definition) is 0. The molecule has 0 atom stereocenters. The van der Waals surface area contributed by atoms with Crippen molar-refractivity contribution >= 4 is 28.9 Å². The molecule has 0 aliphatic carbocycles. The molecule has 0 radical (unpaired) electrons. The summed E-state index contributed by atoms with van der Waals surface area (Å²) in [4.78, 5) is 13.8. The highest BCUT2D eigenvalue weighted by Crippen LogP contribution is 2.27. The number of carbonyl (C=O) groups excluding carboxylic acids is 1. The second-order valence-corrected chi connectivity index (χ2v) is 7.01. The maximum Gasteiger partial charge on any atom is 0.410 e.